The molecule has 0 bridgehead atoms. The molecule has 1 unspecified atom stereocenters. The summed E-state index contributed by atoms with van der Waals surface area (Å²) >= 11 is 0. The van der Waals surface area contributed by atoms with Crippen molar-refractivity contribution in [3.05, 3.63) is 47.0 Å². The van der Waals surface area contributed by atoms with Crippen molar-refractivity contribution < 1.29 is 27.0 Å². The van der Waals surface area contributed by atoms with E-state index in [0.29, 0.717) is 6.42 Å². The van der Waals surface area contributed by atoms with E-state index >= 15 is 0 Å². The van der Waals surface area contributed by atoms with Crippen molar-refractivity contribution in [1.29, 1.82) is 0 Å². The predicted molar refractivity (Wildman–Crippen MR) is 93.0 cm³/mol. The van der Waals surface area contributed by atoms with Gasteiger partial charge in [-0.2, -0.15) is 4.39 Å². The fourth-order valence-corrected chi connectivity index (χ4v) is 2.85. The van der Waals surface area contributed by atoms with Crippen molar-refractivity contribution in [2.24, 2.45) is 0 Å². The maximum atomic E-state index is 14.4. The second-order valence-electron chi connectivity index (χ2n) is 6.24. The normalized spacial score (nSPS) is 18.1. The average Bonchev–Trinajstić information content (AvgIpc) is 2.65. The SMILES string of the molecule is CCCCCC1CCC(/C(F)=C(\F)c2ccc(OCC)c(F)c2F)=CO1. The van der Waals surface area contributed by atoms with Crippen molar-refractivity contribution in [2.45, 2.75) is 58.5 Å². The molecule has 0 fully saturated rings. The fourth-order valence-electron chi connectivity index (χ4n) is 2.85. The molecule has 0 N–H and O–H groups in total. The van der Waals surface area contributed by atoms with Crippen LogP contribution < -0.4 is 4.74 Å². The van der Waals surface area contributed by atoms with Gasteiger partial charge in [-0.05, 0) is 44.7 Å². The van der Waals surface area contributed by atoms with E-state index in [0.717, 1.165) is 37.8 Å². The minimum absolute atomic E-state index is 0.0131. The van der Waals surface area contributed by atoms with Crippen LogP contribution in [0.3, 0.4) is 0 Å². The lowest BCUT2D eigenvalue weighted by atomic mass is 9.99. The highest BCUT2D eigenvalue weighted by atomic mass is 19.2. The molecule has 1 aromatic carbocycles. The van der Waals surface area contributed by atoms with Crippen LogP contribution in [-0.2, 0) is 4.74 Å². The number of benzene rings is 1. The van der Waals surface area contributed by atoms with Crippen LogP contribution in [0, 0.1) is 11.6 Å². The third-order valence-electron chi connectivity index (χ3n) is 4.33. The smallest absolute Gasteiger partial charge is 0.201 e. The van der Waals surface area contributed by atoms with Crippen LogP contribution in [0.1, 0.15) is 57.9 Å². The molecule has 2 rings (SSSR count). The topological polar surface area (TPSA) is 18.5 Å². The number of rotatable bonds is 8. The Bertz CT molecular complexity index is 683. The first-order chi connectivity index (χ1) is 12.5. The number of hydrogen-bond donors (Lipinski definition) is 0. The fraction of sp³-hybridized carbons (Fsp3) is 0.500. The molecule has 0 radical (unpaired) electrons. The Morgan fingerprint density at radius 2 is 1.88 bits per heavy atom. The van der Waals surface area contributed by atoms with Gasteiger partial charge in [-0.25, -0.2) is 13.2 Å². The molecule has 1 aromatic rings. The highest BCUT2D eigenvalue weighted by molar-refractivity contribution is 5.66. The van der Waals surface area contributed by atoms with Crippen LogP contribution in [0.25, 0.3) is 5.83 Å². The minimum Gasteiger partial charge on any atom is -0.498 e. The summed E-state index contributed by atoms with van der Waals surface area (Å²) in [5.41, 5.74) is -0.752. The summed E-state index contributed by atoms with van der Waals surface area (Å²) in [7, 11) is 0. The summed E-state index contributed by atoms with van der Waals surface area (Å²) in [6.07, 6.45) is 6.12. The summed E-state index contributed by atoms with van der Waals surface area (Å²) in [5.74, 6) is -5.81. The van der Waals surface area contributed by atoms with E-state index in [1.165, 1.54) is 6.26 Å². The Labute approximate surface area is 151 Å². The van der Waals surface area contributed by atoms with Crippen LogP contribution in [-0.4, -0.2) is 12.7 Å². The van der Waals surface area contributed by atoms with Gasteiger partial charge in [0.1, 0.15) is 0 Å². The molecule has 1 aliphatic rings. The predicted octanol–water partition coefficient (Wildman–Crippen LogP) is 6.61. The van der Waals surface area contributed by atoms with Gasteiger partial charge in [0.05, 0.1) is 24.5 Å². The lowest BCUT2D eigenvalue weighted by Crippen LogP contribution is -2.15. The van der Waals surface area contributed by atoms with Gasteiger partial charge in [0.15, 0.2) is 23.2 Å². The van der Waals surface area contributed by atoms with Gasteiger partial charge in [-0.15, -0.1) is 0 Å². The van der Waals surface area contributed by atoms with Crippen molar-refractivity contribution in [2.75, 3.05) is 6.61 Å². The van der Waals surface area contributed by atoms with Gasteiger partial charge < -0.3 is 9.47 Å². The number of unbranched alkanes of at least 4 members (excludes halogenated alkanes) is 2. The largest absolute Gasteiger partial charge is 0.498 e. The molecule has 0 saturated carbocycles. The van der Waals surface area contributed by atoms with E-state index in [-0.39, 0.29) is 30.5 Å². The van der Waals surface area contributed by atoms with Crippen molar-refractivity contribution in [3.63, 3.8) is 0 Å². The molecule has 2 nitrogen and oxygen atoms in total. The van der Waals surface area contributed by atoms with Crippen molar-refractivity contribution in [3.8, 4) is 5.75 Å². The number of allylic oxidation sites excluding steroid dienone is 2. The van der Waals surface area contributed by atoms with Crippen LogP contribution in [0.5, 0.6) is 5.75 Å². The van der Waals surface area contributed by atoms with Gasteiger partial charge in [0.2, 0.25) is 5.82 Å². The molecular weight excluding hydrogens is 348 g/mol. The zero-order valence-electron chi connectivity index (χ0n) is 15.1. The van der Waals surface area contributed by atoms with Gasteiger partial charge in [0.25, 0.3) is 0 Å². The zero-order valence-corrected chi connectivity index (χ0v) is 15.1. The van der Waals surface area contributed by atoms with Crippen molar-refractivity contribution in [1.82, 2.24) is 0 Å². The minimum atomic E-state index is -1.47. The molecule has 0 aliphatic carbocycles. The van der Waals surface area contributed by atoms with Gasteiger partial charge in [0, 0.05) is 5.57 Å². The van der Waals surface area contributed by atoms with E-state index in [1.807, 2.05) is 0 Å². The Morgan fingerprint density at radius 3 is 2.50 bits per heavy atom. The Hall–Kier alpha value is -1.98. The number of ether oxygens (including phenoxy) is 2. The molecular formula is C20H24F4O2. The Morgan fingerprint density at radius 1 is 1.12 bits per heavy atom. The average molecular weight is 372 g/mol. The molecule has 0 amide bonds. The molecule has 0 saturated heterocycles. The van der Waals surface area contributed by atoms with Gasteiger partial charge in [-0.3, -0.25) is 0 Å². The van der Waals surface area contributed by atoms with Gasteiger partial charge in [-0.1, -0.05) is 19.8 Å². The van der Waals surface area contributed by atoms with Crippen LogP contribution in [0.4, 0.5) is 17.6 Å². The maximum absolute atomic E-state index is 14.4. The summed E-state index contributed by atoms with van der Waals surface area (Å²) in [5, 5.41) is 0. The number of hydrogen-bond acceptors (Lipinski definition) is 2. The summed E-state index contributed by atoms with van der Waals surface area (Å²) in [6.45, 7) is 3.84. The first kappa shape index (κ1) is 20.3. The molecule has 6 heteroatoms. The second-order valence-corrected chi connectivity index (χ2v) is 6.24. The summed E-state index contributed by atoms with van der Waals surface area (Å²) < 4.78 is 67.1. The third-order valence-corrected chi connectivity index (χ3v) is 4.33. The second kappa shape index (κ2) is 9.64. The molecule has 0 aromatic heterocycles. The third kappa shape index (κ3) is 4.80. The summed E-state index contributed by atoms with van der Waals surface area (Å²) in [4.78, 5) is 0. The quantitative estimate of drug-likeness (QED) is 0.377. The van der Waals surface area contributed by atoms with Crippen molar-refractivity contribution >= 4 is 5.83 Å². The first-order valence-corrected chi connectivity index (χ1v) is 9.00. The monoisotopic (exact) mass is 372 g/mol. The standard InChI is InChI=1S/C20H24F4O2/c1-3-5-6-7-14-9-8-13(12-26-14)17(21)18(22)15-10-11-16(25-4-2)20(24)19(15)23/h10-12,14H,3-9H2,1-2H3/b18-17+. The highest BCUT2D eigenvalue weighted by Crippen LogP contribution is 2.35. The maximum Gasteiger partial charge on any atom is 0.201 e. The lowest BCUT2D eigenvalue weighted by molar-refractivity contribution is 0.108. The molecule has 1 aliphatic heterocycles. The van der Waals surface area contributed by atoms with Gasteiger partial charge >= 0.3 is 0 Å². The van der Waals surface area contributed by atoms with E-state index in [9.17, 15) is 17.6 Å². The number of halogens is 4. The van der Waals surface area contributed by atoms with E-state index in [4.69, 9.17) is 9.47 Å². The zero-order chi connectivity index (χ0) is 19.1. The van der Waals surface area contributed by atoms with E-state index < -0.39 is 28.9 Å². The Kier molecular flexibility index (Phi) is 7.54. The van der Waals surface area contributed by atoms with Crippen LogP contribution in [0.15, 0.2) is 29.8 Å². The molecule has 0 spiro atoms. The van der Waals surface area contributed by atoms with E-state index in [1.54, 1.807) is 6.92 Å². The van der Waals surface area contributed by atoms with E-state index in [2.05, 4.69) is 6.92 Å². The highest BCUT2D eigenvalue weighted by Gasteiger charge is 2.24. The Balaban J connectivity index is 2.16. The lowest BCUT2D eigenvalue weighted by Gasteiger charge is -2.22. The van der Waals surface area contributed by atoms with Crippen LogP contribution >= 0.6 is 0 Å². The molecule has 26 heavy (non-hydrogen) atoms. The summed E-state index contributed by atoms with van der Waals surface area (Å²) in [6, 6.07) is 2.05. The molecule has 144 valence electrons. The molecule has 1 atom stereocenters. The van der Waals surface area contributed by atoms with Crippen LogP contribution in [0.2, 0.25) is 0 Å². The molecule has 1 heterocycles. The first-order valence-electron chi connectivity index (χ1n) is 9.00.